The molecule has 142 valence electrons. The van der Waals surface area contributed by atoms with Crippen molar-refractivity contribution in [2.75, 3.05) is 0 Å². The Labute approximate surface area is 165 Å². The van der Waals surface area contributed by atoms with Crippen LogP contribution < -0.4 is 0 Å². The molecule has 0 amide bonds. The Morgan fingerprint density at radius 1 is 1.07 bits per heavy atom. The molecule has 1 atom stereocenters. The van der Waals surface area contributed by atoms with Crippen LogP contribution in [0.2, 0.25) is 0 Å². The highest BCUT2D eigenvalue weighted by molar-refractivity contribution is 5.94. The summed E-state index contributed by atoms with van der Waals surface area (Å²) < 4.78 is 1.95. The van der Waals surface area contributed by atoms with Crippen molar-refractivity contribution < 1.29 is 4.79 Å². The van der Waals surface area contributed by atoms with Gasteiger partial charge in [-0.3, -0.25) is 4.79 Å². The van der Waals surface area contributed by atoms with E-state index in [9.17, 15) is 4.79 Å². The average Bonchev–Trinajstić information content (AvgIpc) is 3.32. The third kappa shape index (κ3) is 3.26. The van der Waals surface area contributed by atoms with E-state index in [-0.39, 0.29) is 17.7 Å². The summed E-state index contributed by atoms with van der Waals surface area (Å²) in [6.45, 7) is 6.26. The number of rotatable bonds is 6. The Hall–Kier alpha value is -3.14. The summed E-state index contributed by atoms with van der Waals surface area (Å²) in [4.78, 5) is 21.1. The first-order valence-corrected chi connectivity index (χ1v) is 9.74. The quantitative estimate of drug-likeness (QED) is 0.445. The van der Waals surface area contributed by atoms with Crippen molar-refractivity contribution in [1.29, 1.82) is 0 Å². The number of carbonyl (C=O) groups excluding carboxylic acids is 1. The zero-order valence-corrected chi connectivity index (χ0v) is 16.5. The standard InChI is InChI=1S/C24H25N3O/c1-16(2)27-14-13-25-24(27)22(28)15-20(18-9-5-4-6-10-18)23-17(3)19-11-7-8-12-21(19)26-23/h4-14,16,20,26H,15H2,1-3H3/t20-/m0/s1. The smallest absolute Gasteiger partial charge is 0.199 e. The molecule has 0 spiro atoms. The molecule has 0 radical (unpaired) electrons. The molecule has 1 N–H and O–H groups in total. The Balaban J connectivity index is 1.77. The van der Waals surface area contributed by atoms with E-state index in [0.717, 1.165) is 16.8 Å². The van der Waals surface area contributed by atoms with E-state index in [1.807, 2.05) is 35.0 Å². The average molecular weight is 371 g/mol. The van der Waals surface area contributed by atoms with Crippen molar-refractivity contribution in [3.05, 3.63) is 89.6 Å². The van der Waals surface area contributed by atoms with E-state index >= 15 is 0 Å². The SMILES string of the molecule is Cc1c([C@@H](CC(=O)c2nccn2C(C)C)c2ccccc2)[nH]c2ccccc12. The monoisotopic (exact) mass is 371 g/mol. The van der Waals surface area contributed by atoms with Crippen LogP contribution >= 0.6 is 0 Å². The van der Waals surface area contributed by atoms with E-state index in [2.05, 4.69) is 61.1 Å². The summed E-state index contributed by atoms with van der Waals surface area (Å²) in [6, 6.07) is 18.7. The molecule has 4 nitrogen and oxygen atoms in total. The van der Waals surface area contributed by atoms with Crippen molar-refractivity contribution in [1.82, 2.24) is 14.5 Å². The predicted octanol–water partition coefficient (Wildman–Crippen LogP) is 5.66. The van der Waals surface area contributed by atoms with Crippen LogP contribution in [-0.2, 0) is 0 Å². The van der Waals surface area contributed by atoms with Gasteiger partial charge in [0, 0.05) is 47.4 Å². The second kappa shape index (κ2) is 7.47. The van der Waals surface area contributed by atoms with Crippen molar-refractivity contribution in [2.45, 2.75) is 39.2 Å². The molecule has 2 heterocycles. The first-order chi connectivity index (χ1) is 13.6. The van der Waals surface area contributed by atoms with Gasteiger partial charge >= 0.3 is 0 Å². The van der Waals surface area contributed by atoms with E-state index in [4.69, 9.17) is 0 Å². The first-order valence-electron chi connectivity index (χ1n) is 9.74. The van der Waals surface area contributed by atoms with Crippen LogP contribution in [0.3, 0.4) is 0 Å². The molecule has 0 aliphatic rings. The van der Waals surface area contributed by atoms with E-state index in [0.29, 0.717) is 12.2 Å². The number of nitrogens with one attached hydrogen (secondary N) is 1. The maximum Gasteiger partial charge on any atom is 0.199 e. The topological polar surface area (TPSA) is 50.7 Å². The Bertz CT molecular complexity index is 1110. The minimum atomic E-state index is -0.0431. The predicted molar refractivity (Wildman–Crippen MR) is 113 cm³/mol. The maximum absolute atomic E-state index is 13.2. The molecular formula is C24H25N3O. The summed E-state index contributed by atoms with van der Waals surface area (Å²) in [5.74, 6) is 0.550. The third-order valence-corrected chi connectivity index (χ3v) is 5.42. The molecule has 0 aliphatic carbocycles. The highest BCUT2D eigenvalue weighted by Gasteiger charge is 2.25. The van der Waals surface area contributed by atoms with Gasteiger partial charge in [0.15, 0.2) is 11.6 Å². The lowest BCUT2D eigenvalue weighted by Gasteiger charge is -2.18. The fourth-order valence-electron chi connectivity index (χ4n) is 3.95. The molecule has 2 aromatic heterocycles. The van der Waals surface area contributed by atoms with Crippen LogP contribution in [-0.4, -0.2) is 20.3 Å². The van der Waals surface area contributed by atoms with Crippen LogP contribution in [0.1, 0.15) is 59.7 Å². The van der Waals surface area contributed by atoms with E-state index in [1.165, 1.54) is 10.9 Å². The number of hydrogen-bond donors (Lipinski definition) is 1. The fourth-order valence-corrected chi connectivity index (χ4v) is 3.95. The number of hydrogen-bond acceptors (Lipinski definition) is 2. The number of benzene rings is 2. The van der Waals surface area contributed by atoms with Gasteiger partial charge in [0.05, 0.1) is 0 Å². The van der Waals surface area contributed by atoms with Crippen molar-refractivity contribution in [2.24, 2.45) is 0 Å². The summed E-state index contributed by atoms with van der Waals surface area (Å²) in [6.07, 6.45) is 3.96. The number of ketones is 1. The molecule has 0 saturated carbocycles. The minimum absolute atomic E-state index is 0.0431. The van der Waals surface area contributed by atoms with Gasteiger partial charge < -0.3 is 9.55 Å². The summed E-state index contributed by atoms with van der Waals surface area (Å²) in [5, 5.41) is 1.20. The zero-order valence-electron chi connectivity index (χ0n) is 16.5. The van der Waals surface area contributed by atoms with Crippen molar-refractivity contribution >= 4 is 16.7 Å². The molecule has 0 fully saturated rings. The van der Waals surface area contributed by atoms with Gasteiger partial charge in [-0.1, -0.05) is 48.5 Å². The van der Waals surface area contributed by atoms with Crippen molar-refractivity contribution in [3.8, 4) is 0 Å². The van der Waals surface area contributed by atoms with Crippen LogP contribution in [0.4, 0.5) is 0 Å². The Kier molecular flexibility index (Phi) is 4.86. The lowest BCUT2D eigenvalue weighted by atomic mass is 9.88. The largest absolute Gasteiger partial charge is 0.358 e. The summed E-state index contributed by atoms with van der Waals surface area (Å²) in [7, 11) is 0. The van der Waals surface area contributed by atoms with Gasteiger partial charge in [-0.05, 0) is 38.0 Å². The molecule has 0 aliphatic heterocycles. The molecule has 0 unspecified atom stereocenters. The number of para-hydroxylation sites is 1. The van der Waals surface area contributed by atoms with Gasteiger partial charge in [0.2, 0.25) is 0 Å². The van der Waals surface area contributed by atoms with Gasteiger partial charge in [-0.15, -0.1) is 0 Å². The van der Waals surface area contributed by atoms with Crippen LogP contribution in [0.5, 0.6) is 0 Å². The second-order valence-corrected chi connectivity index (χ2v) is 7.55. The first kappa shape index (κ1) is 18.2. The maximum atomic E-state index is 13.2. The van der Waals surface area contributed by atoms with E-state index in [1.54, 1.807) is 6.20 Å². The molecule has 0 saturated heterocycles. The molecule has 4 rings (SSSR count). The number of carbonyl (C=O) groups is 1. The highest BCUT2D eigenvalue weighted by Crippen LogP contribution is 2.34. The normalized spacial score (nSPS) is 12.6. The molecular weight excluding hydrogens is 346 g/mol. The highest BCUT2D eigenvalue weighted by atomic mass is 16.1. The number of aromatic nitrogens is 3. The number of H-pyrrole nitrogens is 1. The Morgan fingerprint density at radius 3 is 2.50 bits per heavy atom. The van der Waals surface area contributed by atoms with Crippen LogP contribution in [0.25, 0.3) is 10.9 Å². The lowest BCUT2D eigenvalue weighted by Crippen LogP contribution is -2.16. The number of aryl methyl sites for hydroxylation is 1. The minimum Gasteiger partial charge on any atom is -0.358 e. The molecule has 4 aromatic rings. The lowest BCUT2D eigenvalue weighted by molar-refractivity contribution is 0.0961. The number of nitrogens with zero attached hydrogens (tertiary/aromatic N) is 2. The van der Waals surface area contributed by atoms with Gasteiger partial charge in [-0.2, -0.15) is 0 Å². The zero-order chi connectivity index (χ0) is 19.7. The number of imidazole rings is 1. The number of aromatic amines is 1. The molecule has 2 aromatic carbocycles. The number of Topliss-reactive ketones (excluding diaryl/α,β-unsaturated/α-hetero) is 1. The third-order valence-electron chi connectivity index (χ3n) is 5.42. The van der Waals surface area contributed by atoms with Gasteiger partial charge in [-0.25, -0.2) is 4.98 Å². The van der Waals surface area contributed by atoms with Gasteiger partial charge in [0.25, 0.3) is 0 Å². The van der Waals surface area contributed by atoms with E-state index < -0.39 is 0 Å². The molecule has 0 bridgehead atoms. The second-order valence-electron chi connectivity index (χ2n) is 7.55. The van der Waals surface area contributed by atoms with Crippen LogP contribution in [0.15, 0.2) is 67.0 Å². The summed E-state index contributed by atoms with van der Waals surface area (Å²) >= 11 is 0. The van der Waals surface area contributed by atoms with Crippen LogP contribution in [0, 0.1) is 6.92 Å². The fraction of sp³-hybridized carbons (Fsp3) is 0.250. The van der Waals surface area contributed by atoms with Crippen molar-refractivity contribution in [3.63, 3.8) is 0 Å². The van der Waals surface area contributed by atoms with Gasteiger partial charge in [0.1, 0.15) is 0 Å². The molecule has 4 heteroatoms. The summed E-state index contributed by atoms with van der Waals surface area (Å²) in [5.41, 5.74) is 4.54. The molecule has 28 heavy (non-hydrogen) atoms. The Morgan fingerprint density at radius 2 is 1.79 bits per heavy atom. The number of fused-ring (bicyclic) bond motifs is 1.